The van der Waals surface area contributed by atoms with Crippen molar-refractivity contribution in [3.8, 4) is 5.75 Å². The minimum absolute atomic E-state index is 0.171. The Labute approximate surface area is 141 Å². The minimum Gasteiger partial charge on any atom is -0.483 e. The van der Waals surface area contributed by atoms with E-state index in [1.165, 1.54) is 0 Å². The molecule has 2 amide bonds. The van der Waals surface area contributed by atoms with Crippen LogP contribution in [0.5, 0.6) is 5.75 Å². The highest BCUT2D eigenvalue weighted by Crippen LogP contribution is 2.27. The van der Waals surface area contributed by atoms with Gasteiger partial charge in [0.1, 0.15) is 5.75 Å². The van der Waals surface area contributed by atoms with E-state index >= 15 is 0 Å². The summed E-state index contributed by atoms with van der Waals surface area (Å²) in [6, 6.07) is 5.38. The van der Waals surface area contributed by atoms with Gasteiger partial charge in [0.25, 0.3) is 5.91 Å². The lowest BCUT2D eigenvalue weighted by Crippen LogP contribution is -2.43. The molecular formula is C14H18Br2N2O3. The summed E-state index contributed by atoms with van der Waals surface area (Å²) in [5, 5.41) is 0. The Balaban J connectivity index is 2.26. The van der Waals surface area contributed by atoms with Crippen molar-refractivity contribution in [2.24, 2.45) is 0 Å². The van der Waals surface area contributed by atoms with Crippen LogP contribution in [-0.4, -0.2) is 18.4 Å². The monoisotopic (exact) mass is 420 g/mol. The van der Waals surface area contributed by atoms with Gasteiger partial charge in [0.05, 0.1) is 4.47 Å². The topological polar surface area (TPSA) is 67.4 Å². The van der Waals surface area contributed by atoms with Gasteiger partial charge in [-0.05, 0) is 40.5 Å². The molecule has 0 bridgehead atoms. The lowest BCUT2D eigenvalue weighted by atomic mass is 10.2. The van der Waals surface area contributed by atoms with Gasteiger partial charge in [-0.3, -0.25) is 20.4 Å². The van der Waals surface area contributed by atoms with Crippen LogP contribution in [0.15, 0.2) is 27.1 Å². The van der Waals surface area contributed by atoms with E-state index in [4.69, 9.17) is 4.74 Å². The molecule has 0 saturated heterocycles. The van der Waals surface area contributed by atoms with E-state index in [-0.39, 0.29) is 12.5 Å². The fourth-order valence-electron chi connectivity index (χ4n) is 1.51. The summed E-state index contributed by atoms with van der Waals surface area (Å²) in [4.78, 5) is 23.0. The van der Waals surface area contributed by atoms with Gasteiger partial charge in [0.15, 0.2) is 6.61 Å². The van der Waals surface area contributed by atoms with Crippen LogP contribution in [-0.2, 0) is 9.59 Å². The minimum atomic E-state index is -0.409. The van der Waals surface area contributed by atoms with Crippen molar-refractivity contribution >= 4 is 43.7 Å². The number of hydrogen-bond acceptors (Lipinski definition) is 3. The van der Waals surface area contributed by atoms with E-state index in [0.29, 0.717) is 12.2 Å². The third kappa shape index (κ3) is 7.47. The third-order valence-corrected chi connectivity index (χ3v) is 3.71. The second-order valence-corrected chi connectivity index (χ2v) is 6.19. The first kappa shape index (κ1) is 18.0. The quantitative estimate of drug-likeness (QED) is 0.524. The molecule has 0 fully saturated rings. The van der Waals surface area contributed by atoms with Crippen molar-refractivity contribution in [1.82, 2.24) is 10.9 Å². The summed E-state index contributed by atoms with van der Waals surface area (Å²) in [5.74, 6) is -0.0436. The predicted octanol–water partition coefficient (Wildman–Crippen LogP) is 3.32. The van der Waals surface area contributed by atoms with Gasteiger partial charge >= 0.3 is 0 Å². The molecule has 0 radical (unpaired) electrons. The largest absolute Gasteiger partial charge is 0.483 e. The Kier molecular flexibility index (Phi) is 8.37. The van der Waals surface area contributed by atoms with Crippen molar-refractivity contribution in [2.45, 2.75) is 32.6 Å². The zero-order chi connectivity index (χ0) is 15.7. The number of rotatable bonds is 7. The summed E-state index contributed by atoms with van der Waals surface area (Å²) < 4.78 is 7.01. The molecule has 0 aliphatic rings. The molecule has 5 nitrogen and oxygen atoms in total. The molecule has 0 aliphatic carbocycles. The summed E-state index contributed by atoms with van der Waals surface area (Å²) in [7, 11) is 0. The molecule has 2 N–H and O–H groups in total. The molecule has 116 valence electrons. The normalized spacial score (nSPS) is 10.0. The van der Waals surface area contributed by atoms with Crippen molar-refractivity contribution < 1.29 is 14.3 Å². The Bertz CT molecular complexity index is 495. The molecule has 0 unspecified atom stereocenters. The van der Waals surface area contributed by atoms with E-state index in [1.54, 1.807) is 6.07 Å². The van der Waals surface area contributed by atoms with Gasteiger partial charge in [0.2, 0.25) is 5.91 Å². The van der Waals surface area contributed by atoms with Crippen molar-refractivity contribution in [3.63, 3.8) is 0 Å². The smallest absolute Gasteiger partial charge is 0.276 e. The summed E-state index contributed by atoms with van der Waals surface area (Å²) in [6.45, 7) is 1.90. The van der Waals surface area contributed by atoms with Crippen molar-refractivity contribution in [1.29, 1.82) is 0 Å². The number of unbranched alkanes of at least 4 members (excludes halogenated alkanes) is 2. The van der Waals surface area contributed by atoms with Gasteiger partial charge in [-0.2, -0.15) is 0 Å². The first-order valence-corrected chi connectivity index (χ1v) is 8.27. The summed E-state index contributed by atoms with van der Waals surface area (Å²) in [6.07, 6.45) is 3.28. The molecule has 1 aromatic rings. The Morgan fingerprint density at radius 2 is 1.86 bits per heavy atom. The summed E-state index contributed by atoms with van der Waals surface area (Å²) in [5.41, 5.74) is 4.69. The lowest BCUT2D eigenvalue weighted by molar-refractivity contribution is -0.130. The Morgan fingerprint density at radius 3 is 2.52 bits per heavy atom. The number of nitrogens with one attached hydrogen (secondary N) is 2. The molecule has 7 heteroatoms. The van der Waals surface area contributed by atoms with E-state index in [0.717, 1.165) is 28.2 Å². The molecule has 21 heavy (non-hydrogen) atoms. The van der Waals surface area contributed by atoms with Gasteiger partial charge in [0, 0.05) is 10.9 Å². The molecule has 0 atom stereocenters. The van der Waals surface area contributed by atoms with Crippen molar-refractivity contribution in [3.05, 3.63) is 27.1 Å². The molecule has 0 saturated carbocycles. The Morgan fingerprint density at radius 1 is 1.14 bits per heavy atom. The number of halogens is 2. The van der Waals surface area contributed by atoms with E-state index in [1.807, 2.05) is 12.1 Å². The van der Waals surface area contributed by atoms with E-state index in [9.17, 15) is 9.59 Å². The lowest BCUT2D eigenvalue weighted by Gasteiger charge is -2.10. The number of ether oxygens (including phenoxy) is 1. The number of hydrogen-bond donors (Lipinski definition) is 2. The van der Waals surface area contributed by atoms with Crippen LogP contribution in [0.2, 0.25) is 0 Å². The molecule has 1 aromatic carbocycles. The van der Waals surface area contributed by atoms with Crippen LogP contribution in [0.4, 0.5) is 0 Å². The number of benzene rings is 1. The number of carbonyl (C=O) groups is 2. The second kappa shape index (κ2) is 9.78. The first-order valence-electron chi connectivity index (χ1n) is 6.68. The maximum absolute atomic E-state index is 11.6. The van der Waals surface area contributed by atoms with E-state index < -0.39 is 5.91 Å². The van der Waals surface area contributed by atoms with E-state index in [2.05, 4.69) is 49.6 Å². The van der Waals surface area contributed by atoms with Gasteiger partial charge < -0.3 is 4.74 Å². The van der Waals surface area contributed by atoms with Crippen LogP contribution < -0.4 is 15.6 Å². The molecule has 0 aromatic heterocycles. The van der Waals surface area contributed by atoms with Gasteiger partial charge in [-0.25, -0.2) is 0 Å². The van der Waals surface area contributed by atoms with Crippen LogP contribution in [0.3, 0.4) is 0 Å². The fraction of sp³-hybridized carbons (Fsp3) is 0.429. The highest BCUT2D eigenvalue weighted by Gasteiger charge is 2.07. The van der Waals surface area contributed by atoms with Crippen LogP contribution in [0, 0.1) is 0 Å². The Hall–Kier alpha value is -1.08. The fourth-order valence-corrected chi connectivity index (χ4v) is 2.67. The van der Waals surface area contributed by atoms with Crippen LogP contribution in [0.1, 0.15) is 32.6 Å². The molecular weight excluding hydrogens is 404 g/mol. The number of amides is 2. The van der Waals surface area contributed by atoms with Crippen LogP contribution in [0.25, 0.3) is 0 Å². The maximum atomic E-state index is 11.6. The maximum Gasteiger partial charge on any atom is 0.276 e. The standard InChI is InChI=1S/C14H18Br2N2O3/c1-2-3-4-5-13(19)17-18-14(20)9-21-12-7-6-10(15)8-11(12)16/h6-8H,2-5,9H2,1H3,(H,17,19)(H,18,20). The second-order valence-electron chi connectivity index (χ2n) is 4.42. The van der Waals surface area contributed by atoms with Crippen molar-refractivity contribution in [2.75, 3.05) is 6.61 Å². The highest BCUT2D eigenvalue weighted by atomic mass is 79.9. The molecule has 0 heterocycles. The SMILES string of the molecule is CCCCCC(=O)NNC(=O)COc1ccc(Br)cc1Br. The zero-order valence-electron chi connectivity index (χ0n) is 11.7. The van der Waals surface area contributed by atoms with Gasteiger partial charge in [-0.1, -0.05) is 35.7 Å². The zero-order valence-corrected chi connectivity index (χ0v) is 14.9. The number of hydrazine groups is 1. The average molecular weight is 422 g/mol. The molecule has 1 rings (SSSR count). The molecule has 0 spiro atoms. The summed E-state index contributed by atoms with van der Waals surface area (Å²) >= 11 is 6.67. The molecule has 0 aliphatic heterocycles. The predicted molar refractivity (Wildman–Crippen MR) is 87.8 cm³/mol. The van der Waals surface area contributed by atoms with Crippen LogP contribution >= 0.6 is 31.9 Å². The first-order chi connectivity index (χ1) is 10.0. The highest BCUT2D eigenvalue weighted by molar-refractivity contribution is 9.11. The number of carbonyl (C=O) groups excluding carboxylic acids is 2. The van der Waals surface area contributed by atoms with Gasteiger partial charge in [-0.15, -0.1) is 0 Å². The average Bonchev–Trinajstić information content (AvgIpc) is 2.44. The third-order valence-electron chi connectivity index (χ3n) is 2.60.